The van der Waals surface area contributed by atoms with Crippen LogP contribution in [0.5, 0.6) is 5.75 Å². The zero-order valence-corrected chi connectivity index (χ0v) is 23.2. The standard InChI is InChI=1S/C29H25Cl2F3N2O5/c30-21-12-35-13-22(31)23(21)24-20(25(41-36-24)16-1-2-16)3-4-28-7-5-27(6-8-28,15-40-28)14-39-19-10-17(26(37)38)9-18(11-19)29(32,33)34/h3-4,9-13,16H,1-2,5-8,14-15H2,(H,37,38)/b4-3+. The lowest BCUT2D eigenvalue weighted by Gasteiger charge is -2.51. The van der Waals surface area contributed by atoms with Crippen LogP contribution in [-0.4, -0.2) is 40.0 Å². The Morgan fingerprint density at radius 2 is 1.83 bits per heavy atom. The first kappa shape index (κ1) is 28.1. The summed E-state index contributed by atoms with van der Waals surface area (Å²) in [4.78, 5) is 15.4. The summed E-state index contributed by atoms with van der Waals surface area (Å²) >= 11 is 12.8. The van der Waals surface area contributed by atoms with Gasteiger partial charge in [0.05, 0.1) is 40.0 Å². The van der Waals surface area contributed by atoms with E-state index in [0.29, 0.717) is 46.8 Å². The van der Waals surface area contributed by atoms with Gasteiger partial charge in [-0.05, 0) is 56.7 Å². The first-order chi connectivity index (χ1) is 19.5. The van der Waals surface area contributed by atoms with Crippen LogP contribution in [0.15, 0.2) is 41.2 Å². The molecule has 4 fully saturated rings. The number of halogens is 5. The molecule has 7 rings (SSSR count). The summed E-state index contributed by atoms with van der Waals surface area (Å²) in [5.74, 6) is -0.514. The van der Waals surface area contributed by atoms with E-state index in [1.807, 2.05) is 12.2 Å². The van der Waals surface area contributed by atoms with Crippen molar-refractivity contribution in [2.24, 2.45) is 5.41 Å². The van der Waals surface area contributed by atoms with Crippen LogP contribution in [0.1, 0.15) is 71.7 Å². The third kappa shape index (κ3) is 5.57. The van der Waals surface area contributed by atoms with Crippen LogP contribution in [0.3, 0.4) is 0 Å². The van der Waals surface area contributed by atoms with Crippen LogP contribution in [-0.2, 0) is 10.9 Å². The summed E-state index contributed by atoms with van der Waals surface area (Å²) in [6.07, 6.45) is 7.19. The molecule has 0 spiro atoms. The van der Waals surface area contributed by atoms with Crippen LogP contribution in [0.4, 0.5) is 13.2 Å². The number of benzene rings is 1. The number of nitrogens with zero attached hydrogens (tertiary/aromatic N) is 2. The molecule has 41 heavy (non-hydrogen) atoms. The number of carboxylic acid groups (broad SMARTS) is 1. The van der Waals surface area contributed by atoms with Crippen LogP contribution in [0.2, 0.25) is 10.0 Å². The Kier molecular flexibility index (Phi) is 7.07. The molecule has 1 aromatic carbocycles. The Balaban J connectivity index is 1.19. The number of alkyl halides is 3. The Hall–Kier alpha value is -3.08. The molecule has 3 aromatic rings. The fourth-order valence-electron chi connectivity index (χ4n) is 5.56. The molecule has 2 saturated heterocycles. The van der Waals surface area contributed by atoms with Crippen molar-refractivity contribution in [1.82, 2.24) is 10.1 Å². The van der Waals surface area contributed by atoms with Gasteiger partial charge in [0.25, 0.3) is 0 Å². The first-order valence-electron chi connectivity index (χ1n) is 13.2. The van der Waals surface area contributed by atoms with Gasteiger partial charge >= 0.3 is 12.1 Å². The van der Waals surface area contributed by atoms with E-state index >= 15 is 0 Å². The summed E-state index contributed by atoms with van der Waals surface area (Å²) in [5, 5.41) is 14.3. The van der Waals surface area contributed by atoms with E-state index in [0.717, 1.165) is 49.1 Å². The highest BCUT2D eigenvalue weighted by atomic mass is 35.5. The predicted octanol–water partition coefficient (Wildman–Crippen LogP) is 8.06. The van der Waals surface area contributed by atoms with Crippen molar-refractivity contribution in [3.8, 4) is 17.0 Å². The highest BCUT2D eigenvalue weighted by molar-refractivity contribution is 6.39. The Morgan fingerprint density at radius 3 is 2.41 bits per heavy atom. The molecule has 0 radical (unpaired) electrons. The second-order valence-electron chi connectivity index (χ2n) is 11.1. The summed E-state index contributed by atoms with van der Waals surface area (Å²) in [6.45, 7) is 0.476. The van der Waals surface area contributed by atoms with Crippen molar-refractivity contribution in [2.45, 2.75) is 56.2 Å². The predicted molar refractivity (Wildman–Crippen MR) is 144 cm³/mol. The molecule has 0 atom stereocenters. The van der Waals surface area contributed by atoms with Gasteiger partial charge in [0.15, 0.2) is 0 Å². The molecule has 4 aliphatic rings. The van der Waals surface area contributed by atoms with Gasteiger partial charge in [0.1, 0.15) is 17.2 Å². The van der Waals surface area contributed by atoms with Crippen molar-refractivity contribution < 1.29 is 37.1 Å². The molecular formula is C29H25Cl2F3N2O5. The van der Waals surface area contributed by atoms with Gasteiger partial charge in [-0.15, -0.1) is 0 Å². The minimum Gasteiger partial charge on any atom is -0.493 e. The Morgan fingerprint density at radius 1 is 1.12 bits per heavy atom. The van der Waals surface area contributed by atoms with E-state index in [9.17, 15) is 23.1 Å². The number of aromatic nitrogens is 2. The molecule has 216 valence electrons. The molecule has 2 saturated carbocycles. The fourth-order valence-corrected chi connectivity index (χ4v) is 6.10. The lowest BCUT2D eigenvalue weighted by atomic mass is 9.66. The van der Waals surface area contributed by atoms with Crippen molar-refractivity contribution >= 4 is 35.2 Å². The van der Waals surface area contributed by atoms with Crippen LogP contribution in [0.25, 0.3) is 17.3 Å². The average Bonchev–Trinajstić information content (AvgIpc) is 3.71. The van der Waals surface area contributed by atoms with Gasteiger partial charge in [-0.1, -0.05) is 40.5 Å². The van der Waals surface area contributed by atoms with Gasteiger partial charge in [-0.25, -0.2) is 4.79 Å². The number of hydrogen-bond acceptors (Lipinski definition) is 6. The maximum atomic E-state index is 13.3. The molecule has 12 heteroatoms. The van der Waals surface area contributed by atoms with Crippen molar-refractivity contribution in [3.05, 3.63) is 69.2 Å². The van der Waals surface area contributed by atoms with E-state index in [1.165, 1.54) is 12.4 Å². The van der Waals surface area contributed by atoms with Crippen LogP contribution in [0, 0.1) is 5.41 Å². The minimum atomic E-state index is -4.69. The lowest BCUT2D eigenvalue weighted by molar-refractivity contribution is -0.167. The number of ether oxygens (including phenoxy) is 2. The number of carbonyl (C=O) groups is 1. The SMILES string of the molecule is O=C(O)c1cc(OCC23CCC(/C=C/c4c(-c5c(Cl)cncc5Cl)noc4C4CC4)(CC2)OC3)cc(C(F)(F)F)c1. The average molecular weight is 609 g/mol. The second-order valence-corrected chi connectivity index (χ2v) is 11.9. The van der Waals surface area contributed by atoms with E-state index in [1.54, 1.807) is 0 Å². The minimum absolute atomic E-state index is 0.119. The Labute approximate surface area is 243 Å². The van der Waals surface area contributed by atoms with E-state index in [4.69, 9.17) is 37.2 Å². The summed E-state index contributed by atoms with van der Waals surface area (Å²) in [6, 6.07) is 2.55. The maximum absolute atomic E-state index is 13.3. The zero-order valence-electron chi connectivity index (χ0n) is 21.6. The molecule has 7 nitrogen and oxygen atoms in total. The maximum Gasteiger partial charge on any atom is 0.416 e. The first-order valence-corrected chi connectivity index (χ1v) is 13.9. The van der Waals surface area contributed by atoms with Crippen molar-refractivity contribution in [1.29, 1.82) is 0 Å². The fraction of sp³-hybridized carbons (Fsp3) is 0.414. The lowest BCUT2D eigenvalue weighted by Crippen LogP contribution is -2.52. The number of rotatable bonds is 8. The summed E-state index contributed by atoms with van der Waals surface area (Å²) in [7, 11) is 0. The molecule has 0 amide bonds. The number of hydrogen-bond donors (Lipinski definition) is 1. The molecule has 4 heterocycles. The highest BCUT2D eigenvalue weighted by Gasteiger charge is 2.49. The Bertz CT molecular complexity index is 1490. The third-order valence-electron chi connectivity index (χ3n) is 8.20. The van der Waals surface area contributed by atoms with E-state index in [2.05, 4.69) is 10.1 Å². The number of aromatic carboxylic acids is 1. The van der Waals surface area contributed by atoms with Crippen molar-refractivity contribution in [3.63, 3.8) is 0 Å². The largest absolute Gasteiger partial charge is 0.493 e. The molecular weight excluding hydrogens is 584 g/mol. The molecule has 1 N–H and O–H groups in total. The summed E-state index contributed by atoms with van der Waals surface area (Å²) in [5.41, 5.74) is -0.527. The molecule has 0 unspecified atom stereocenters. The van der Waals surface area contributed by atoms with E-state index in [-0.39, 0.29) is 23.7 Å². The van der Waals surface area contributed by atoms with Gasteiger partial charge in [0.2, 0.25) is 0 Å². The van der Waals surface area contributed by atoms with Crippen LogP contribution < -0.4 is 4.74 Å². The highest BCUT2D eigenvalue weighted by Crippen LogP contribution is 2.51. The molecule has 2 aliphatic heterocycles. The van der Waals surface area contributed by atoms with Gasteiger partial charge in [0, 0.05) is 34.9 Å². The smallest absolute Gasteiger partial charge is 0.416 e. The van der Waals surface area contributed by atoms with E-state index < -0.39 is 28.9 Å². The number of carboxylic acids is 1. The van der Waals surface area contributed by atoms with Gasteiger partial charge < -0.3 is 19.1 Å². The molecule has 2 aliphatic carbocycles. The summed E-state index contributed by atoms with van der Waals surface area (Å²) < 4.78 is 57.8. The van der Waals surface area contributed by atoms with Gasteiger partial charge in [-0.3, -0.25) is 4.98 Å². The monoisotopic (exact) mass is 608 g/mol. The van der Waals surface area contributed by atoms with Crippen LogP contribution >= 0.6 is 23.2 Å². The zero-order chi connectivity index (χ0) is 29.0. The van der Waals surface area contributed by atoms with Crippen molar-refractivity contribution in [2.75, 3.05) is 13.2 Å². The number of pyridine rings is 1. The quantitative estimate of drug-likeness (QED) is 0.276. The molecule has 2 bridgehead atoms. The topological polar surface area (TPSA) is 94.7 Å². The third-order valence-corrected chi connectivity index (χ3v) is 8.77. The normalized spacial score (nSPS) is 24.2. The number of fused-ring (bicyclic) bond motifs is 3. The second kappa shape index (κ2) is 10.3. The van der Waals surface area contributed by atoms with Gasteiger partial charge in [-0.2, -0.15) is 13.2 Å². The molecule has 2 aromatic heterocycles.